The van der Waals surface area contributed by atoms with Crippen LogP contribution in [0, 0.1) is 5.92 Å². The zero-order valence-corrected chi connectivity index (χ0v) is 12.2. The van der Waals surface area contributed by atoms with Crippen LogP contribution in [0.15, 0.2) is 30.3 Å². The van der Waals surface area contributed by atoms with Gasteiger partial charge in [-0.1, -0.05) is 25.1 Å². The minimum atomic E-state index is -0.663. The average molecular weight is 284 g/mol. The number of para-hydroxylation sites is 1. The highest BCUT2D eigenvalue weighted by Gasteiger charge is 2.25. The molecule has 1 aromatic heterocycles. The van der Waals surface area contributed by atoms with Crippen LogP contribution in [-0.2, 0) is 11.2 Å². The van der Waals surface area contributed by atoms with E-state index in [1.165, 1.54) is 5.69 Å². The number of pyridine rings is 1. The highest BCUT2D eigenvalue weighted by Crippen LogP contribution is 2.30. The molecule has 1 N–H and O–H groups in total. The molecule has 0 atom stereocenters. The summed E-state index contributed by atoms with van der Waals surface area (Å²) in [6.07, 6.45) is 2.34. The van der Waals surface area contributed by atoms with Crippen LogP contribution in [-0.4, -0.2) is 29.1 Å². The van der Waals surface area contributed by atoms with Gasteiger partial charge in [0.2, 0.25) is 0 Å². The maximum atomic E-state index is 11.1. The van der Waals surface area contributed by atoms with Crippen molar-refractivity contribution in [2.24, 2.45) is 5.92 Å². The quantitative estimate of drug-likeness (QED) is 0.941. The van der Waals surface area contributed by atoms with Crippen LogP contribution in [0.25, 0.3) is 10.9 Å². The molecule has 1 aliphatic rings. The summed E-state index contributed by atoms with van der Waals surface area (Å²) in [5.41, 5.74) is 3.30. The number of aliphatic carboxylic acids is 1. The van der Waals surface area contributed by atoms with Crippen LogP contribution >= 0.6 is 0 Å². The van der Waals surface area contributed by atoms with E-state index in [9.17, 15) is 4.79 Å². The lowest BCUT2D eigenvalue weighted by Crippen LogP contribution is -2.36. The second kappa shape index (κ2) is 5.72. The van der Waals surface area contributed by atoms with E-state index in [4.69, 9.17) is 5.11 Å². The number of carboxylic acid groups (broad SMARTS) is 1. The van der Waals surface area contributed by atoms with Crippen molar-refractivity contribution in [2.45, 2.75) is 26.2 Å². The van der Waals surface area contributed by atoms with E-state index in [1.54, 1.807) is 0 Å². The first kappa shape index (κ1) is 13.9. The molecule has 1 fully saturated rings. The number of rotatable bonds is 3. The Labute approximate surface area is 124 Å². The number of anilines is 1. The standard InChI is InChI=1S/C17H20N2O2/c1-2-13-11-16(14-5-3-4-6-15(14)18-13)19-9-7-12(8-10-19)17(20)21/h3-6,11-12H,2,7-10H2,1H3,(H,20,21). The average Bonchev–Trinajstić information content (AvgIpc) is 2.53. The summed E-state index contributed by atoms with van der Waals surface area (Å²) < 4.78 is 0. The molecule has 0 bridgehead atoms. The van der Waals surface area contributed by atoms with Crippen LogP contribution in [0.3, 0.4) is 0 Å². The molecule has 0 saturated carbocycles. The van der Waals surface area contributed by atoms with Gasteiger partial charge < -0.3 is 10.0 Å². The van der Waals surface area contributed by atoms with Gasteiger partial charge in [-0.3, -0.25) is 9.78 Å². The number of benzene rings is 1. The fourth-order valence-electron chi connectivity index (χ4n) is 3.02. The van der Waals surface area contributed by atoms with Crippen molar-refractivity contribution in [3.63, 3.8) is 0 Å². The number of fused-ring (bicyclic) bond motifs is 1. The first-order valence-electron chi connectivity index (χ1n) is 7.55. The van der Waals surface area contributed by atoms with E-state index < -0.39 is 5.97 Å². The number of carbonyl (C=O) groups is 1. The lowest BCUT2D eigenvalue weighted by molar-refractivity contribution is -0.142. The monoisotopic (exact) mass is 284 g/mol. The number of aryl methyl sites for hydroxylation is 1. The molecule has 2 aromatic rings. The third-order valence-electron chi connectivity index (χ3n) is 4.29. The first-order chi connectivity index (χ1) is 10.2. The minimum absolute atomic E-state index is 0.194. The smallest absolute Gasteiger partial charge is 0.306 e. The van der Waals surface area contributed by atoms with Gasteiger partial charge in [-0.15, -0.1) is 0 Å². The lowest BCUT2D eigenvalue weighted by Gasteiger charge is -2.33. The van der Waals surface area contributed by atoms with Gasteiger partial charge in [-0.25, -0.2) is 0 Å². The van der Waals surface area contributed by atoms with Gasteiger partial charge in [0.1, 0.15) is 0 Å². The van der Waals surface area contributed by atoms with Crippen LogP contribution in [0.4, 0.5) is 5.69 Å². The molecule has 21 heavy (non-hydrogen) atoms. The van der Waals surface area contributed by atoms with E-state index in [0.29, 0.717) is 12.8 Å². The Hall–Kier alpha value is -2.10. The van der Waals surface area contributed by atoms with Crippen molar-refractivity contribution in [3.8, 4) is 0 Å². The molecule has 4 heteroatoms. The normalized spacial score (nSPS) is 16.3. The number of hydrogen-bond acceptors (Lipinski definition) is 3. The number of piperidine rings is 1. The molecule has 0 amide bonds. The van der Waals surface area contributed by atoms with Crippen molar-refractivity contribution in [2.75, 3.05) is 18.0 Å². The Bertz CT molecular complexity index is 661. The molecule has 3 rings (SSSR count). The zero-order valence-electron chi connectivity index (χ0n) is 12.2. The Morgan fingerprint density at radius 3 is 2.71 bits per heavy atom. The summed E-state index contributed by atoms with van der Waals surface area (Å²) in [6, 6.07) is 10.3. The summed E-state index contributed by atoms with van der Waals surface area (Å²) in [4.78, 5) is 18.1. The van der Waals surface area contributed by atoms with Crippen molar-refractivity contribution in [1.82, 2.24) is 4.98 Å². The van der Waals surface area contributed by atoms with E-state index in [1.807, 2.05) is 18.2 Å². The Balaban J connectivity index is 1.95. The highest BCUT2D eigenvalue weighted by atomic mass is 16.4. The third-order valence-corrected chi connectivity index (χ3v) is 4.29. The summed E-state index contributed by atoms with van der Waals surface area (Å²) in [7, 11) is 0. The van der Waals surface area contributed by atoms with Gasteiger partial charge in [-0.2, -0.15) is 0 Å². The molecule has 4 nitrogen and oxygen atoms in total. The number of hydrogen-bond donors (Lipinski definition) is 1. The number of nitrogens with zero attached hydrogens (tertiary/aromatic N) is 2. The molecule has 1 saturated heterocycles. The first-order valence-corrected chi connectivity index (χ1v) is 7.55. The van der Waals surface area contributed by atoms with Crippen LogP contribution in [0.5, 0.6) is 0 Å². The molecule has 0 unspecified atom stereocenters. The highest BCUT2D eigenvalue weighted by molar-refractivity contribution is 5.92. The lowest BCUT2D eigenvalue weighted by atomic mass is 9.96. The van der Waals surface area contributed by atoms with Crippen LogP contribution in [0.1, 0.15) is 25.5 Å². The van der Waals surface area contributed by atoms with E-state index in [-0.39, 0.29) is 5.92 Å². The zero-order chi connectivity index (χ0) is 14.8. The predicted octanol–water partition coefficient (Wildman–Crippen LogP) is 3.10. The Kier molecular flexibility index (Phi) is 3.78. The summed E-state index contributed by atoms with van der Waals surface area (Å²) >= 11 is 0. The van der Waals surface area contributed by atoms with Crippen molar-refractivity contribution in [1.29, 1.82) is 0 Å². The summed E-state index contributed by atoms with van der Waals surface area (Å²) in [5.74, 6) is -0.858. The molecule has 110 valence electrons. The van der Waals surface area contributed by atoms with Gasteiger partial charge in [0.25, 0.3) is 0 Å². The topological polar surface area (TPSA) is 53.4 Å². The third kappa shape index (κ3) is 2.71. The predicted molar refractivity (Wildman–Crippen MR) is 83.7 cm³/mol. The van der Waals surface area contributed by atoms with Crippen molar-refractivity contribution in [3.05, 3.63) is 36.0 Å². The molecular formula is C17H20N2O2. The molecule has 0 aliphatic carbocycles. The van der Waals surface area contributed by atoms with Crippen molar-refractivity contribution < 1.29 is 9.90 Å². The van der Waals surface area contributed by atoms with Gasteiger partial charge in [0, 0.05) is 29.9 Å². The van der Waals surface area contributed by atoms with E-state index in [0.717, 1.165) is 36.1 Å². The molecule has 1 aromatic carbocycles. The summed E-state index contributed by atoms with van der Waals surface area (Å²) in [5, 5.41) is 10.3. The molecule has 0 spiro atoms. The number of carboxylic acids is 1. The molecule has 0 radical (unpaired) electrons. The maximum Gasteiger partial charge on any atom is 0.306 e. The SMILES string of the molecule is CCc1cc(N2CCC(C(=O)O)CC2)c2ccccc2n1. The Morgan fingerprint density at radius 2 is 2.05 bits per heavy atom. The largest absolute Gasteiger partial charge is 0.481 e. The van der Waals surface area contributed by atoms with Crippen LogP contribution < -0.4 is 4.90 Å². The van der Waals surface area contributed by atoms with E-state index >= 15 is 0 Å². The number of aromatic nitrogens is 1. The minimum Gasteiger partial charge on any atom is -0.481 e. The van der Waals surface area contributed by atoms with Gasteiger partial charge in [0.15, 0.2) is 0 Å². The summed E-state index contributed by atoms with van der Waals surface area (Å²) in [6.45, 7) is 3.71. The van der Waals surface area contributed by atoms with Crippen LogP contribution in [0.2, 0.25) is 0 Å². The molecule has 1 aliphatic heterocycles. The molecular weight excluding hydrogens is 264 g/mol. The fourth-order valence-corrected chi connectivity index (χ4v) is 3.02. The van der Waals surface area contributed by atoms with Gasteiger partial charge in [0.05, 0.1) is 11.4 Å². The Morgan fingerprint density at radius 1 is 1.33 bits per heavy atom. The van der Waals surface area contributed by atoms with Gasteiger partial charge >= 0.3 is 5.97 Å². The van der Waals surface area contributed by atoms with Gasteiger partial charge in [-0.05, 0) is 31.4 Å². The molecule has 2 heterocycles. The van der Waals surface area contributed by atoms with Crippen molar-refractivity contribution >= 4 is 22.6 Å². The second-order valence-electron chi connectivity index (χ2n) is 5.60. The maximum absolute atomic E-state index is 11.1. The second-order valence-corrected chi connectivity index (χ2v) is 5.60. The van der Waals surface area contributed by atoms with E-state index in [2.05, 4.69) is 28.9 Å². The fraction of sp³-hybridized carbons (Fsp3) is 0.412.